The Balaban J connectivity index is 2.04. The highest BCUT2D eigenvalue weighted by atomic mass is 19.2. The van der Waals surface area contributed by atoms with E-state index in [0.717, 1.165) is 37.2 Å². The van der Waals surface area contributed by atoms with Gasteiger partial charge in [0.15, 0.2) is 17.5 Å². The maximum Gasteiger partial charge on any atom is 0.254 e. The van der Waals surface area contributed by atoms with Crippen LogP contribution >= 0.6 is 0 Å². The van der Waals surface area contributed by atoms with E-state index >= 15 is 0 Å². The maximum atomic E-state index is 13.4. The molecule has 1 aromatic carbocycles. The van der Waals surface area contributed by atoms with E-state index in [4.69, 9.17) is 0 Å². The lowest BCUT2D eigenvalue weighted by Gasteiger charge is -2.14. The molecule has 3 nitrogen and oxygen atoms in total. The zero-order chi connectivity index (χ0) is 13.8. The Morgan fingerprint density at radius 3 is 2.74 bits per heavy atom. The molecular formula is C13H13F3N2O. The second-order valence-corrected chi connectivity index (χ2v) is 4.22. The van der Waals surface area contributed by atoms with E-state index in [2.05, 4.69) is 10.6 Å². The Morgan fingerprint density at radius 1 is 1.26 bits per heavy atom. The van der Waals surface area contributed by atoms with Crippen LogP contribution in [-0.2, 0) is 0 Å². The van der Waals surface area contributed by atoms with Gasteiger partial charge in [0.25, 0.3) is 5.91 Å². The molecule has 2 N–H and O–H groups in total. The van der Waals surface area contributed by atoms with Gasteiger partial charge in [-0.1, -0.05) is 11.6 Å². The summed E-state index contributed by atoms with van der Waals surface area (Å²) in [5.41, 5.74) is 0.531. The molecule has 1 heterocycles. The third-order valence-corrected chi connectivity index (χ3v) is 2.91. The molecule has 19 heavy (non-hydrogen) atoms. The fourth-order valence-corrected chi connectivity index (χ4v) is 1.82. The zero-order valence-corrected chi connectivity index (χ0v) is 10.1. The van der Waals surface area contributed by atoms with Crippen molar-refractivity contribution in [2.45, 2.75) is 6.42 Å². The van der Waals surface area contributed by atoms with E-state index in [1.165, 1.54) is 0 Å². The van der Waals surface area contributed by atoms with Crippen LogP contribution in [0.4, 0.5) is 13.2 Å². The molecule has 0 spiro atoms. The number of carbonyl (C=O) groups excluding carboxylic acids is 1. The highest BCUT2D eigenvalue weighted by Crippen LogP contribution is 2.15. The zero-order valence-electron chi connectivity index (χ0n) is 10.1. The van der Waals surface area contributed by atoms with Crippen LogP contribution in [0, 0.1) is 17.5 Å². The Hall–Kier alpha value is -1.82. The second kappa shape index (κ2) is 5.88. The summed E-state index contributed by atoms with van der Waals surface area (Å²) in [6.45, 7) is 1.82. The first-order chi connectivity index (χ1) is 9.09. The number of hydrogen-bond acceptors (Lipinski definition) is 2. The highest BCUT2D eigenvalue weighted by Gasteiger charge is 2.18. The predicted molar refractivity (Wildman–Crippen MR) is 64.2 cm³/mol. The third kappa shape index (κ3) is 3.14. The number of nitrogens with one attached hydrogen (secondary N) is 2. The molecule has 0 fully saturated rings. The van der Waals surface area contributed by atoms with E-state index in [9.17, 15) is 18.0 Å². The van der Waals surface area contributed by atoms with Crippen LogP contribution in [0.15, 0.2) is 23.8 Å². The Morgan fingerprint density at radius 2 is 2.05 bits per heavy atom. The molecule has 6 heteroatoms. The number of carbonyl (C=O) groups is 1. The average Bonchev–Trinajstić information content (AvgIpc) is 2.43. The predicted octanol–water partition coefficient (Wildman–Crippen LogP) is 1.75. The van der Waals surface area contributed by atoms with E-state index in [1.807, 2.05) is 6.08 Å². The van der Waals surface area contributed by atoms with Gasteiger partial charge in [-0.25, -0.2) is 13.2 Å². The van der Waals surface area contributed by atoms with Gasteiger partial charge in [0, 0.05) is 13.1 Å². The smallest absolute Gasteiger partial charge is 0.254 e. The van der Waals surface area contributed by atoms with Crippen LogP contribution in [-0.4, -0.2) is 25.5 Å². The molecule has 1 aliphatic heterocycles. The van der Waals surface area contributed by atoms with Crippen LogP contribution in [0.1, 0.15) is 16.8 Å². The molecule has 1 aliphatic rings. The topological polar surface area (TPSA) is 41.1 Å². The third-order valence-electron chi connectivity index (χ3n) is 2.91. The highest BCUT2D eigenvalue weighted by molar-refractivity contribution is 5.94. The van der Waals surface area contributed by atoms with E-state index in [0.29, 0.717) is 0 Å². The van der Waals surface area contributed by atoms with Crippen molar-refractivity contribution in [2.75, 3.05) is 19.6 Å². The molecule has 0 radical (unpaired) electrons. The van der Waals surface area contributed by atoms with Crippen molar-refractivity contribution in [3.63, 3.8) is 0 Å². The van der Waals surface area contributed by atoms with Gasteiger partial charge in [0.2, 0.25) is 0 Å². The van der Waals surface area contributed by atoms with Gasteiger partial charge >= 0.3 is 0 Å². The fraction of sp³-hybridized carbons (Fsp3) is 0.308. The summed E-state index contributed by atoms with van der Waals surface area (Å²) in [6.07, 6.45) is 2.73. The molecule has 0 bridgehead atoms. The summed E-state index contributed by atoms with van der Waals surface area (Å²) in [5, 5.41) is 5.61. The second-order valence-electron chi connectivity index (χ2n) is 4.22. The van der Waals surface area contributed by atoms with Crippen LogP contribution < -0.4 is 10.6 Å². The minimum Gasteiger partial charge on any atom is -0.348 e. The minimum absolute atomic E-state index is 0.277. The first-order valence-electron chi connectivity index (χ1n) is 5.90. The minimum atomic E-state index is -1.63. The van der Waals surface area contributed by atoms with E-state index in [1.54, 1.807) is 0 Å². The van der Waals surface area contributed by atoms with Gasteiger partial charge in [-0.3, -0.25) is 4.79 Å². The van der Waals surface area contributed by atoms with Crippen LogP contribution in [0.3, 0.4) is 0 Å². The lowest BCUT2D eigenvalue weighted by atomic mass is 10.1. The van der Waals surface area contributed by atoms with Crippen LogP contribution in [0.2, 0.25) is 0 Å². The molecule has 0 unspecified atom stereocenters. The summed E-state index contributed by atoms with van der Waals surface area (Å²) in [6, 6.07) is 1.66. The lowest BCUT2D eigenvalue weighted by molar-refractivity contribution is 0.0951. The lowest BCUT2D eigenvalue weighted by Crippen LogP contribution is -2.30. The van der Waals surface area contributed by atoms with Gasteiger partial charge in [0.1, 0.15) is 0 Å². The monoisotopic (exact) mass is 270 g/mol. The van der Waals surface area contributed by atoms with Crippen molar-refractivity contribution in [3.8, 4) is 0 Å². The SMILES string of the molecule is O=C(NCC1=CCNCC1)c1ccc(F)c(F)c1F. The Labute approximate surface area is 108 Å². The maximum absolute atomic E-state index is 13.4. The fourth-order valence-electron chi connectivity index (χ4n) is 1.82. The number of hydrogen-bond donors (Lipinski definition) is 2. The molecule has 0 aromatic heterocycles. The summed E-state index contributed by atoms with van der Waals surface area (Å²) >= 11 is 0. The normalized spacial score (nSPS) is 15.0. The first kappa shape index (κ1) is 13.6. The summed E-state index contributed by atoms with van der Waals surface area (Å²) in [4.78, 5) is 11.7. The summed E-state index contributed by atoms with van der Waals surface area (Å²) in [7, 11) is 0. The number of benzene rings is 1. The van der Waals surface area contributed by atoms with Crippen LogP contribution in [0.25, 0.3) is 0 Å². The Bertz CT molecular complexity index is 529. The number of rotatable bonds is 3. The summed E-state index contributed by atoms with van der Waals surface area (Å²) < 4.78 is 39.1. The Kier molecular flexibility index (Phi) is 4.21. The van der Waals surface area contributed by atoms with E-state index < -0.39 is 28.9 Å². The summed E-state index contributed by atoms with van der Waals surface area (Å²) in [5.74, 6) is -5.16. The quantitative estimate of drug-likeness (QED) is 0.649. The molecule has 0 atom stereocenters. The van der Waals surface area contributed by atoms with Gasteiger partial charge in [0.05, 0.1) is 5.56 Å². The molecule has 102 valence electrons. The van der Waals surface area contributed by atoms with Gasteiger partial charge in [-0.05, 0) is 25.1 Å². The number of amides is 1. The van der Waals surface area contributed by atoms with Crippen molar-refractivity contribution in [1.29, 1.82) is 0 Å². The molecular weight excluding hydrogens is 257 g/mol. The molecule has 2 rings (SSSR count). The average molecular weight is 270 g/mol. The molecule has 0 aliphatic carbocycles. The van der Waals surface area contributed by atoms with Crippen molar-refractivity contribution in [2.24, 2.45) is 0 Å². The molecule has 0 saturated heterocycles. The van der Waals surface area contributed by atoms with Crippen molar-refractivity contribution in [1.82, 2.24) is 10.6 Å². The van der Waals surface area contributed by atoms with Gasteiger partial charge in [-0.15, -0.1) is 0 Å². The van der Waals surface area contributed by atoms with Gasteiger partial charge < -0.3 is 10.6 Å². The largest absolute Gasteiger partial charge is 0.348 e. The van der Waals surface area contributed by atoms with Crippen molar-refractivity contribution < 1.29 is 18.0 Å². The first-order valence-corrected chi connectivity index (χ1v) is 5.90. The van der Waals surface area contributed by atoms with Crippen molar-refractivity contribution in [3.05, 3.63) is 46.8 Å². The van der Waals surface area contributed by atoms with E-state index in [-0.39, 0.29) is 6.54 Å². The number of halogens is 3. The standard InChI is InChI=1S/C13H13F3N2O/c14-10-2-1-9(11(15)12(10)16)13(19)18-7-8-3-5-17-6-4-8/h1-3,17H,4-7H2,(H,18,19). The van der Waals surface area contributed by atoms with Crippen LogP contribution in [0.5, 0.6) is 0 Å². The molecule has 0 saturated carbocycles. The molecule has 1 amide bonds. The van der Waals surface area contributed by atoms with Gasteiger partial charge in [-0.2, -0.15) is 0 Å². The van der Waals surface area contributed by atoms with Crippen molar-refractivity contribution >= 4 is 5.91 Å². The molecule has 1 aromatic rings.